The Balaban J connectivity index is 1.44. The van der Waals surface area contributed by atoms with Gasteiger partial charge in [0.1, 0.15) is 18.0 Å². The van der Waals surface area contributed by atoms with Crippen LogP contribution in [0, 0.1) is 17.6 Å². The second-order valence-corrected chi connectivity index (χ2v) is 8.43. The lowest BCUT2D eigenvalue weighted by atomic mass is 9.98. The Hall–Kier alpha value is -3.29. The first-order valence-electron chi connectivity index (χ1n) is 10.7. The number of rotatable bonds is 5. The van der Waals surface area contributed by atoms with E-state index in [1.54, 1.807) is 43.0 Å². The SMILES string of the molecule is CC(C)C(C(=O)N1CCC(Oc2ccc(F)cc2F)CC1)N1C(=O)c2ccccc2C1=O. The summed E-state index contributed by atoms with van der Waals surface area (Å²) in [6.07, 6.45) is 0.584. The molecule has 32 heavy (non-hydrogen) atoms. The van der Waals surface area contributed by atoms with Crippen molar-refractivity contribution in [1.29, 1.82) is 0 Å². The second kappa shape index (κ2) is 8.68. The van der Waals surface area contributed by atoms with Gasteiger partial charge in [-0.1, -0.05) is 26.0 Å². The third-order valence-electron chi connectivity index (χ3n) is 5.93. The van der Waals surface area contributed by atoms with E-state index in [2.05, 4.69) is 0 Å². The molecule has 0 aromatic heterocycles. The van der Waals surface area contributed by atoms with E-state index in [4.69, 9.17) is 4.74 Å². The van der Waals surface area contributed by atoms with E-state index >= 15 is 0 Å². The van der Waals surface area contributed by atoms with Crippen LogP contribution in [0.15, 0.2) is 42.5 Å². The minimum absolute atomic E-state index is 0.0257. The second-order valence-electron chi connectivity index (χ2n) is 8.43. The van der Waals surface area contributed by atoms with E-state index in [-0.39, 0.29) is 23.7 Å². The summed E-state index contributed by atoms with van der Waals surface area (Å²) in [4.78, 5) is 41.9. The number of likely N-dealkylation sites (tertiary alicyclic amines) is 1. The Bertz CT molecular complexity index is 1030. The molecule has 2 aromatic carbocycles. The number of carbonyl (C=O) groups excluding carboxylic acids is 3. The molecule has 1 atom stereocenters. The summed E-state index contributed by atoms with van der Waals surface area (Å²) in [5, 5.41) is 0. The Kier molecular flexibility index (Phi) is 5.95. The van der Waals surface area contributed by atoms with Crippen LogP contribution in [0.1, 0.15) is 47.4 Å². The molecule has 6 nitrogen and oxygen atoms in total. The van der Waals surface area contributed by atoms with E-state index < -0.39 is 29.5 Å². The van der Waals surface area contributed by atoms with Crippen molar-refractivity contribution in [3.8, 4) is 5.75 Å². The summed E-state index contributed by atoms with van der Waals surface area (Å²) in [6.45, 7) is 4.30. The highest BCUT2D eigenvalue weighted by atomic mass is 19.1. The summed E-state index contributed by atoms with van der Waals surface area (Å²) < 4.78 is 32.6. The Morgan fingerprint density at radius 2 is 1.59 bits per heavy atom. The highest BCUT2D eigenvalue weighted by molar-refractivity contribution is 6.22. The fraction of sp³-hybridized carbons (Fsp3) is 0.375. The minimum atomic E-state index is -0.908. The largest absolute Gasteiger partial charge is 0.487 e. The summed E-state index contributed by atoms with van der Waals surface area (Å²) in [5.41, 5.74) is 0.619. The minimum Gasteiger partial charge on any atom is -0.487 e. The fourth-order valence-electron chi connectivity index (χ4n) is 4.29. The molecule has 0 bridgehead atoms. The lowest BCUT2D eigenvalue weighted by Crippen LogP contribution is -2.55. The third kappa shape index (κ3) is 3.97. The smallest absolute Gasteiger partial charge is 0.262 e. The van der Waals surface area contributed by atoms with Gasteiger partial charge in [0.05, 0.1) is 11.1 Å². The quantitative estimate of drug-likeness (QED) is 0.663. The molecule has 0 spiro atoms. The van der Waals surface area contributed by atoms with E-state index in [1.807, 2.05) is 0 Å². The normalized spacial score (nSPS) is 17.7. The predicted octanol–water partition coefficient (Wildman–Crippen LogP) is 3.66. The maximum Gasteiger partial charge on any atom is 0.262 e. The molecular weight excluding hydrogens is 418 g/mol. The van der Waals surface area contributed by atoms with Crippen molar-refractivity contribution in [3.63, 3.8) is 0 Å². The van der Waals surface area contributed by atoms with Gasteiger partial charge < -0.3 is 9.64 Å². The van der Waals surface area contributed by atoms with Crippen molar-refractivity contribution in [3.05, 3.63) is 65.2 Å². The molecule has 0 N–H and O–H groups in total. The zero-order chi connectivity index (χ0) is 23.0. The van der Waals surface area contributed by atoms with Crippen LogP contribution >= 0.6 is 0 Å². The molecule has 2 aliphatic rings. The Morgan fingerprint density at radius 1 is 1.00 bits per heavy atom. The van der Waals surface area contributed by atoms with Crippen LogP contribution in [-0.4, -0.2) is 52.8 Å². The van der Waals surface area contributed by atoms with Crippen LogP contribution in [0.2, 0.25) is 0 Å². The summed E-state index contributed by atoms with van der Waals surface area (Å²) in [6, 6.07) is 8.80. The van der Waals surface area contributed by atoms with Gasteiger partial charge in [0.25, 0.3) is 11.8 Å². The summed E-state index contributed by atoms with van der Waals surface area (Å²) in [5.74, 6) is -2.95. The number of hydrogen-bond acceptors (Lipinski definition) is 4. The number of amides is 3. The Morgan fingerprint density at radius 3 is 2.12 bits per heavy atom. The van der Waals surface area contributed by atoms with E-state index in [0.29, 0.717) is 37.1 Å². The van der Waals surface area contributed by atoms with Crippen molar-refractivity contribution in [2.24, 2.45) is 5.92 Å². The number of ether oxygens (including phenoxy) is 1. The average Bonchev–Trinajstić information content (AvgIpc) is 3.01. The van der Waals surface area contributed by atoms with E-state index in [1.165, 1.54) is 6.07 Å². The lowest BCUT2D eigenvalue weighted by molar-refractivity contribution is -0.138. The van der Waals surface area contributed by atoms with E-state index in [9.17, 15) is 23.2 Å². The molecule has 2 aromatic rings. The average molecular weight is 442 g/mol. The predicted molar refractivity (Wildman–Crippen MR) is 112 cm³/mol. The van der Waals surface area contributed by atoms with Gasteiger partial charge in [-0.2, -0.15) is 0 Å². The number of imide groups is 1. The van der Waals surface area contributed by atoms with Gasteiger partial charge in [-0.3, -0.25) is 19.3 Å². The van der Waals surface area contributed by atoms with Crippen molar-refractivity contribution in [1.82, 2.24) is 9.80 Å². The number of piperidine rings is 1. The molecule has 8 heteroatoms. The van der Waals surface area contributed by atoms with Crippen molar-refractivity contribution >= 4 is 17.7 Å². The molecule has 1 saturated heterocycles. The molecule has 0 aliphatic carbocycles. The molecule has 0 radical (unpaired) electrons. The molecule has 0 saturated carbocycles. The number of nitrogens with zero attached hydrogens (tertiary/aromatic N) is 2. The van der Waals surface area contributed by atoms with Gasteiger partial charge in [0.15, 0.2) is 11.6 Å². The van der Waals surface area contributed by atoms with Crippen molar-refractivity contribution < 1.29 is 27.9 Å². The number of hydrogen-bond donors (Lipinski definition) is 0. The molecule has 3 amide bonds. The van der Waals surface area contributed by atoms with Gasteiger partial charge in [-0.05, 0) is 30.2 Å². The Labute approximate surface area is 184 Å². The van der Waals surface area contributed by atoms with Crippen LogP contribution in [0.4, 0.5) is 8.78 Å². The first-order chi connectivity index (χ1) is 15.3. The molecular formula is C24H24F2N2O4. The van der Waals surface area contributed by atoms with Gasteiger partial charge in [-0.25, -0.2) is 8.78 Å². The van der Waals surface area contributed by atoms with Crippen LogP contribution in [-0.2, 0) is 4.79 Å². The molecule has 1 unspecified atom stereocenters. The lowest BCUT2D eigenvalue weighted by Gasteiger charge is -2.37. The van der Waals surface area contributed by atoms with Crippen molar-refractivity contribution in [2.45, 2.75) is 38.8 Å². The first kappa shape index (κ1) is 21.9. The van der Waals surface area contributed by atoms with Crippen LogP contribution in [0.25, 0.3) is 0 Å². The maximum atomic E-state index is 13.9. The maximum absolute atomic E-state index is 13.9. The molecule has 2 heterocycles. The topological polar surface area (TPSA) is 66.9 Å². The molecule has 168 valence electrons. The highest BCUT2D eigenvalue weighted by Gasteiger charge is 2.45. The number of halogens is 2. The van der Waals surface area contributed by atoms with Gasteiger partial charge >= 0.3 is 0 Å². The van der Waals surface area contributed by atoms with Crippen LogP contribution < -0.4 is 4.74 Å². The van der Waals surface area contributed by atoms with E-state index in [0.717, 1.165) is 17.0 Å². The standard InChI is InChI=1S/C24H24F2N2O4/c1-14(2)21(28-22(29)17-5-3-4-6-18(17)23(28)30)24(31)27-11-9-16(10-12-27)32-20-8-7-15(25)13-19(20)26/h3-8,13-14,16,21H,9-12H2,1-2H3. The van der Waals surface area contributed by atoms with Crippen molar-refractivity contribution in [2.75, 3.05) is 13.1 Å². The summed E-state index contributed by atoms with van der Waals surface area (Å²) >= 11 is 0. The number of carbonyl (C=O) groups is 3. The zero-order valence-electron chi connectivity index (χ0n) is 17.9. The number of fused-ring (bicyclic) bond motifs is 1. The van der Waals surface area contributed by atoms with Gasteiger partial charge in [0.2, 0.25) is 5.91 Å². The van der Waals surface area contributed by atoms with Gasteiger partial charge in [-0.15, -0.1) is 0 Å². The zero-order valence-corrected chi connectivity index (χ0v) is 17.9. The van der Waals surface area contributed by atoms with Gasteiger partial charge in [0, 0.05) is 32.0 Å². The van der Waals surface area contributed by atoms with Crippen LogP contribution in [0.3, 0.4) is 0 Å². The van der Waals surface area contributed by atoms with Crippen LogP contribution in [0.5, 0.6) is 5.75 Å². The molecule has 1 fully saturated rings. The fourth-order valence-corrected chi connectivity index (χ4v) is 4.29. The number of benzene rings is 2. The molecule has 4 rings (SSSR count). The third-order valence-corrected chi connectivity index (χ3v) is 5.93. The monoisotopic (exact) mass is 442 g/mol. The highest BCUT2D eigenvalue weighted by Crippen LogP contribution is 2.29. The summed E-state index contributed by atoms with van der Waals surface area (Å²) in [7, 11) is 0. The first-order valence-corrected chi connectivity index (χ1v) is 10.7. The molecule has 2 aliphatic heterocycles.